The lowest BCUT2D eigenvalue weighted by Crippen LogP contribution is -2.39. The Balaban J connectivity index is 3.55. The number of nitrogens with one attached hydrogen (secondary N) is 1. The van der Waals surface area contributed by atoms with Gasteiger partial charge in [0, 0.05) is 41.3 Å². The molecule has 5 heteroatoms. The quantitative estimate of drug-likeness (QED) is 0.468. The number of rotatable bonds is 7. The molecule has 0 spiro atoms. The Kier molecular flexibility index (Phi) is 6.49. The van der Waals surface area contributed by atoms with Crippen LogP contribution in [0.5, 0.6) is 0 Å². The number of aliphatic hydroxyl groups excluding tert-OH is 2. The first-order chi connectivity index (χ1) is 6.04. The van der Waals surface area contributed by atoms with Crippen LogP contribution in [0.1, 0.15) is 6.92 Å². The van der Waals surface area contributed by atoms with Crippen LogP contribution in [0, 0.1) is 5.41 Å². The minimum atomic E-state index is -0.785. The molecule has 0 radical (unpaired) electrons. The molecule has 13 heavy (non-hydrogen) atoms. The molecular weight excluding hydrogens is 190 g/mol. The van der Waals surface area contributed by atoms with Crippen molar-refractivity contribution >= 4 is 10.8 Å². The highest BCUT2D eigenvalue weighted by molar-refractivity contribution is 7.84. The summed E-state index contributed by atoms with van der Waals surface area (Å²) < 4.78 is 10.7. The van der Waals surface area contributed by atoms with Gasteiger partial charge in [0.2, 0.25) is 0 Å². The summed E-state index contributed by atoms with van der Waals surface area (Å²) >= 11 is 0. The summed E-state index contributed by atoms with van der Waals surface area (Å²) in [5.41, 5.74) is -0.477. The molecule has 0 heterocycles. The third-order valence-electron chi connectivity index (χ3n) is 1.88. The molecule has 0 aromatic carbocycles. The average molecular weight is 209 g/mol. The molecule has 0 saturated heterocycles. The van der Waals surface area contributed by atoms with Crippen LogP contribution in [0.3, 0.4) is 0 Å². The maximum atomic E-state index is 10.7. The number of aliphatic hydroxyl groups is 2. The summed E-state index contributed by atoms with van der Waals surface area (Å²) in [4.78, 5) is 0. The van der Waals surface area contributed by atoms with Gasteiger partial charge in [-0.2, -0.15) is 0 Å². The molecule has 0 rings (SSSR count). The smallest absolute Gasteiger partial charge is 0.0518 e. The number of hydrogen-bond donors (Lipinski definition) is 3. The van der Waals surface area contributed by atoms with E-state index in [1.807, 2.05) is 0 Å². The summed E-state index contributed by atoms with van der Waals surface area (Å²) in [6, 6.07) is 0. The molecule has 4 nitrogen and oxygen atoms in total. The molecule has 0 aromatic heterocycles. The van der Waals surface area contributed by atoms with Crippen molar-refractivity contribution in [3.63, 3.8) is 0 Å². The van der Waals surface area contributed by atoms with Gasteiger partial charge in [-0.1, -0.05) is 6.92 Å². The lowest BCUT2D eigenvalue weighted by molar-refractivity contribution is 0.0703. The SMILES string of the molecule is CS(=O)CCNCC(C)(CO)CO. The minimum Gasteiger partial charge on any atom is -0.396 e. The highest BCUT2D eigenvalue weighted by atomic mass is 32.2. The maximum absolute atomic E-state index is 10.7. The zero-order chi connectivity index (χ0) is 10.3. The standard InChI is InChI=1S/C8H19NO3S/c1-8(6-10,7-11)5-9-3-4-13(2)12/h9-11H,3-7H2,1-2H3. The van der Waals surface area contributed by atoms with E-state index in [4.69, 9.17) is 10.2 Å². The van der Waals surface area contributed by atoms with E-state index >= 15 is 0 Å². The van der Waals surface area contributed by atoms with Gasteiger partial charge in [0.1, 0.15) is 0 Å². The van der Waals surface area contributed by atoms with Crippen LogP contribution in [0.15, 0.2) is 0 Å². The van der Waals surface area contributed by atoms with E-state index in [1.165, 1.54) is 0 Å². The van der Waals surface area contributed by atoms with Crippen LogP contribution < -0.4 is 5.32 Å². The molecule has 1 atom stereocenters. The van der Waals surface area contributed by atoms with E-state index in [-0.39, 0.29) is 13.2 Å². The Morgan fingerprint density at radius 3 is 2.31 bits per heavy atom. The minimum absolute atomic E-state index is 0.0499. The van der Waals surface area contributed by atoms with Gasteiger partial charge in [0.15, 0.2) is 0 Å². The van der Waals surface area contributed by atoms with Crippen LogP contribution in [0.4, 0.5) is 0 Å². The van der Waals surface area contributed by atoms with Gasteiger partial charge in [-0.25, -0.2) is 0 Å². The number of hydrogen-bond acceptors (Lipinski definition) is 4. The molecule has 1 unspecified atom stereocenters. The molecule has 0 amide bonds. The van der Waals surface area contributed by atoms with Crippen molar-refractivity contribution in [1.29, 1.82) is 0 Å². The molecule has 80 valence electrons. The highest BCUT2D eigenvalue weighted by Crippen LogP contribution is 2.11. The van der Waals surface area contributed by atoms with Gasteiger partial charge in [-0.15, -0.1) is 0 Å². The summed E-state index contributed by atoms with van der Waals surface area (Å²) in [7, 11) is -0.785. The normalized spacial score (nSPS) is 14.5. The summed E-state index contributed by atoms with van der Waals surface area (Å²) in [5, 5.41) is 20.9. The first-order valence-electron chi connectivity index (χ1n) is 4.26. The molecule has 0 bridgehead atoms. The van der Waals surface area contributed by atoms with E-state index in [9.17, 15) is 4.21 Å². The third kappa shape index (κ3) is 6.15. The lowest BCUT2D eigenvalue weighted by atomic mass is 9.93. The van der Waals surface area contributed by atoms with Gasteiger partial charge in [-0.05, 0) is 0 Å². The van der Waals surface area contributed by atoms with Crippen molar-refractivity contribution in [3.8, 4) is 0 Å². The molecule has 0 aromatic rings. The van der Waals surface area contributed by atoms with Crippen molar-refractivity contribution in [2.45, 2.75) is 6.92 Å². The fourth-order valence-electron chi connectivity index (χ4n) is 0.768. The molecule has 0 saturated carbocycles. The van der Waals surface area contributed by atoms with E-state index in [1.54, 1.807) is 13.2 Å². The second-order valence-corrected chi connectivity index (χ2v) is 5.14. The zero-order valence-corrected chi connectivity index (χ0v) is 9.06. The predicted molar refractivity (Wildman–Crippen MR) is 54.1 cm³/mol. The Hall–Kier alpha value is 0.0300. The van der Waals surface area contributed by atoms with Crippen molar-refractivity contribution in [1.82, 2.24) is 5.32 Å². The van der Waals surface area contributed by atoms with Gasteiger partial charge in [-0.3, -0.25) is 4.21 Å². The second kappa shape index (κ2) is 6.48. The van der Waals surface area contributed by atoms with Crippen LogP contribution in [0.25, 0.3) is 0 Å². The van der Waals surface area contributed by atoms with Crippen LogP contribution in [-0.2, 0) is 10.8 Å². The summed E-state index contributed by atoms with van der Waals surface area (Å²) in [6.07, 6.45) is 1.65. The Morgan fingerprint density at radius 1 is 1.38 bits per heavy atom. The van der Waals surface area contributed by atoms with E-state index < -0.39 is 16.2 Å². The van der Waals surface area contributed by atoms with Gasteiger partial charge in [0.25, 0.3) is 0 Å². The van der Waals surface area contributed by atoms with E-state index in [2.05, 4.69) is 5.32 Å². The molecule has 0 aliphatic carbocycles. The largest absolute Gasteiger partial charge is 0.396 e. The molecular formula is C8H19NO3S. The van der Waals surface area contributed by atoms with E-state index in [0.29, 0.717) is 18.8 Å². The van der Waals surface area contributed by atoms with E-state index in [0.717, 1.165) is 0 Å². The third-order valence-corrected chi connectivity index (χ3v) is 2.66. The molecule has 0 aliphatic heterocycles. The fourth-order valence-corrected chi connectivity index (χ4v) is 1.20. The van der Waals surface area contributed by atoms with Crippen molar-refractivity contribution in [2.24, 2.45) is 5.41 Å². The Labute approximate surface area is 81.8 Å². The Morgan fingerprint density at radius 2 is 1.92 bits per heavy atom. The van der Waals surface area contributed by atoms with Crippen LogP contribution in [-0.4, -0.2) is 52.7 Å². The lowest BCUT2D eigenvalue weighted by Gasteiger charge is -2.24. The zero-order valence-electron chi connectivity index (χ0n) is 8.25. The first kappa shape index (κ1) is 13.0. The van der Waals surface area contributed by atoms with Gasteiger partial charge < -0.3 is 15.5 Å². The molecule has 3 N–H and O–H groups in total. The van der Waals surface area contributed by atoms with Crippen LogP contribution >= 0.6 is 0 Å². The van der Waals surface area contributed by atoms with Crippen molar-refractivity contribution in [2.75, 3.05) is 38.3 Å². The average Bonchev–Trinajstić information content (AvgIpc) is 2.12. The fraction of sp³-hybridized carbons (Fsp3) is 1.00. The monoisotopic (exact) mass is 209 g/mol. The molecule has 0 aliphatic rings. The first-order valence-corrected chi connectivity index (χ1v) is 5.99. The van der Waals surface area contributed by atoms with Crippen LogP contribution in [0.2, 0.25) is 0 Å². The maximum Gasteiger partial charge on any atom is 0.0518 e. The van der Waals surface area contributed by atoms with Gasteiger partial charge in [0.05, 0.1) is 13.2 Å². The Bertz CT molecular complexity index is 159. The van der Waals surface area contributed by atoms with Crippen molar-refractivity contribution < 1.29 is 14.4 Å². The predicted octanol–water partition coefficient (Wildman–Crippen LogP) is -1.05. The highest BCUT2D eigenvalue weighted by Gasteiger charge is 2.21. The van der Waals surface area contributed by atoms with Crippen molar-refractivity contribution in [3.05, 3.63) is 0 Å². The summed E-state index contributed by atoms with van der Waals surface area (Å²) in [5.74, 6) is 0.604. The second-order valence-electron chi connectivity index (χ2n) is 3.58. The van der Waals surface area contributed by atoms with Gasteiger partial charge >= 0.3 is 0 Å². The molecule has 0 fully saturated rings. The summed E-state index contributed by atoms with van der Waals surface area (Å²) in [6.45, 7) is 2.89. The topological polar surface area (TPSA) is 69.6 Å².